The van der Waals surface area contributed by atoms with Crippen LogP contribution in [0.3, 0.4) is 0 Å². The van der Waals surface area contributed by atoms with Gasteiger partial charge in [-0.2, -0.15) is 4.98 Å². The molecule has 1 heterocycles. The number of nitrogens with zero attached hydrogens (tertiary/aromatic N) is 2. The summed E-state index contributed by atoms with van der Waals surface area (Å²) in [7, 11) is 0. The van der Waals surface area contributed by atoms with Crippen LogP contribution in [0.2, 0.25) is 0 Å². The minimum absolute atomic E-state index is 0.0655. The summed E-state index contributed by atoms with van der Waals surface area (Å²) in [4.78, 5) is 18.9. The largest absolute Gasteiger partial charge is 0.440 e. The summed E-state index contributed by atoms with van der Waals surface area (Å²) in [5.41, 5.74) is 4.00. The minimum atomic E-state index is -0.0811. The number of para-hydroxylation sites is 2. The summed E-state index contributed by atoms with van der Waals surface area (Å²) in [6, 6.07) is 7.52. The van der Waals surface area contributed by atoms with Gasteiger partial charge < -0.3 is 14.1 Å². The number of carbonyl (C=O) groups is 1. The molecule has 0 bridgehead atoms. The maximum absolute atomic E-state index is 12.8. The molecule has 0 spiro atoms. The monoisotopic (exact) mass is 342 g/mol. The lowest BCUT2D eigenvalue weighted by atomic mass is 9.89. The smallest absolute Gasteiger partial charge is 0.395 e. The third kappa shape index (κ3) is 3.70. The Bertz CT molecular complexity index is 784. The summed E-state index contributed by atoms with van der Waals surface area (Å²) in [5.74, 6) is -0.0655. The number of hydrogen-bond acceptors (Lipinski definition) is 4. The number of rotatable bonds is 5. The molecule has 1 aromatic carbocycles. The van der Waals surface area contributed by atoms with E-state index in [1.807, 2.05) is 43.0 Å². The van der Waals surface area contributed by atoms with Crippen LogP contribution >= 0.6 is 0 Å². The van der Waals surface area contributed by atoms with Gasteiger partial charge in [0.25, 0.3) is 5.91 Å². The molecule has 2 aromatic rings. The summed E-state index contributed by atoms with van der Waals surface area (Å²) in [6.07, 6.45) is 2.06. The molecule has 0 saturated carbocycles. The fraction of sp³-hybridized carbons (Fsp3) is 0.500. The van der Waals surface area contributed by atoms with E-state index in [0.29, 0.717) is 5.58 Å². The Hall–Kier alpha value is -2.30. The fourth-order valence-electron chi connectivity index (χ4n) is 3.63. The van der Waals surface area contributed by atoms with Crippen molar-refractivity contribution in [1.82, 2.24) is 9.88 Å². The average Bonchev–Trinajstić information content (AvgIpc) is 3.05. The zero-order valence-electron chi connectivity index (χ0n) is 15.6. The second-order valence-electron chi connectivity index (χ2n) is 7.84. The Labute approximate surface area is 148 Å². The summed E-state index contributed by atoms with van der Waals surface area (Å²) < 4.78 is 11.1. The van der Waals surface area contributed by atoms with E-state index in [2.05, 4.69) is 25.8 Å². The molecule has 25 heavy (non-hydrogen) atoms. The zero-order valence-corrected chi connectivity index (χ0v) is 15.6. The highest BCUT2D eigenvalue weighted by Crippen LogP contribution is 2.42. The minimum Gasteiger partial charge on any atom is -0.440 e. The van der Waals surface area contributed by atoms with E-state index in [0.717, 1.165) is 24.1 Å². The number of carbonyl (C=O) groups excluding carboxylic acids is 1. The van der Waals surface area contributed by atoms with Gasteiger partial charge in [-0.25, -0.2) is 0 Å². The first-order valence-electron chi connectivity index (χ1n) is 8.76. The molecule has 0 radical (unpaired) electrons. The van der Waals surface area contributed by atoms with Gasteiger partial charge in [0.1, 0.15) is 5.52 Å². The Morgan fingerprint density at radius 1 is 1.32 bits per heavy atom. The topological polar surface area (TPSA) is 55.6 Å². The number of oxazole rings is 1. The lowest BCUT2D eigenvalue weighted by Crippen LogP contribution is -2.39. The Kier molecular flexibility index (Phi) is 4.58. The van der Waals surface area contributed by atoms with Crippen LogP contribution in [0.1, 0.15) is 47.5 Å². The van der Waals surface area contributed by atoms with Gasteiger partial charge in [0, 0.05) is 11.7 Å². The van der Waals surface area contributed by atoms with E-state index in [4.69, 9.17) is 9.15 Å². The van der Waals surface area contributed by atoms with E-state index >= 15 is 0 Å². The summed E-state index contributed by atoms with van der Waals surface area (Å²) >= 11 is 0. The Morgan fingerprint density at radius 2 is 2.04 bits per heavy atom. The van der Waals surface area contributed by atoms with Gasteiger partial charge in [0.2, 0.25) is 0 Å². The van der Waals surface area contributed by atoms with E-state index in [1.165, 1.54) is 5.57 Å². The second-order valence-corrected chi connectivity index (χ2v) is 7.84. The fourth-order valence-corrected chi connectivity index (χ4v) is 3.63. The first-order valence-corrected chi connectivity index (χ1v) is 8.76. The van der Waals surface area contributed by atoms with Crippen molar-refractivity contribution in [2.45, 2.75) is 53.5 Å². The third-order valence-electron chi connectivity index (χ3n) is 4.55. The molecule has 0 aliphatic heterocycles. The lowest BCUT2D eigenvalue weighted by molar-refractivity contribution is -0.133. The van der Waals surface area contributed by atoms with E-state index in [1.54, 1.807) is 0 Å². The molecule has 3 rings (SSSR count). The molecule has 5 nitrogen and oxygen atoms in total. The van der Waals surface area contributed by atoms with Crippen molar-refractivity contribution in [2.24, 2.45) is 5.41 Å². The molecule has 0 fully saturated rings. The van der Waals surface area contributed by atoms with Crippen molar-refractivity contribution >= 4 is 17.0 Å². The van der Waals surface area contributed by atoms with Crippen LogP contribution in [-0.2, 0) is 4.79 Å². The van der Waals surface area contributed by atoms with Gasteiger partial charge in [-0.3, -0.25) is 4.79 Å². The van der Waals surface area contributed by atoms with Crippen LogP contribution in [0.5, 0.6) is 6.08 Å². The standard InChI is InChI=1S/C20H26N2O3/c1-13(2)22(16-11-20(4,5)10-14(16)3)18(23)12-24-19-21-15-8-6-7-9-17(15)25-19/h6-9,13H,10-12H2,1-5H3. The van der Waals surface area contributed by atoms with E-state index < -0.39 is 0 Å². The van der Waals surface area contributed by atoms with Crippen LogP contribution in [-0.4, -0.2) is 28.4 Å². The normalized spacial score (nSPS) is 16.7. The number of fused-ring (bicyclic) bond motifs is 1. The van der Waals surface area contributed by atoms with Crippen LogP contribution < -0.4 is 4.74 Å². The van der Waals surface area contributed by atoms with E-state index in [9.17, 15) is 4.79 Å². The first-order chi connectivity index (χ1) is 11.8. The van der Waals surface area contributed by atoms with Crippen LogP contribution in [0.4, 0.5) is 0 Å². The summed E-state index contributed by atoms with van der Waals surface area (Å²) in [6.45, 7) is 10.6. The van der Waals surface area contributed by atoms with Gasteiger partial charge in [-0.1, -0.05) is 31.6 Å². The molecular formula is C20H26N2O3. The number of benzene rings is 1. The maximum Gasteiger partial charge on any atom is 0.395 e. The number of aromatic nitrogens is 1. The molecular weight excluding hydrogens is 316 g/mol. The predicted molar refractivity (Wildman–Crippen MR) is 97.2 cm³/mol. The van der Waals surface area contributed by atoms with Crippen molar-refractivity contribution in [3.05, 3.63) is 35.5 Å². The quantitative estimate of drug-likeness (QED) is 0.800. The van der Waals surface area contributed by atoms with Gasteiger partial charge in [0.15, 0.2) is 12.2 Å². The van der Waals surface area contributed by atoms with Crippen molar-refractivity contribution in [1.29, 1.82) is 0 Å². The molecule has 134 valence electrons. The van der Waals surface area contributed by atoms with Crippen LogP contribution in [0, 0.1) is 5.41 Å². The van der Waals surface area contributed by atoms with Crippen molar-refractivity contribution in [2.75, 3.05) is 6.61 Å². The van der Waals surface area contributed by atoms with Gasteiger partial charge in [-0.15, -0.1) is 0 Å². The van der Waals surface area contributed by atoms with Gasteiger partial charge >= 0.3 is 6.08 Å². The lowest BCUT2D eigenvalue weighted by Gasteiger charge is -2.30. The average molecular weight is 342 g/mol. The number of ether oxygens (including phenoxy) is 1. The number of amides is 1. The number of allylic oxidation sites excluding steroid dienone is 2. The van der Waals surface area contributed by atoms with Gasteiger partial charge in [0.05, 0.1) is 0 Å². The van der Waals surface area contributed by atoms with E-state index in [-0.39, 0.29) is 30.0 Å². The Morgan fingerprint density at radius 3 is 2.64 bits per heavy atom. The molecule has 1 aromatic heterocycles. The molecule has 0 unspecified atom stereocenters. The van der Waals surface area contributed by atoms with Crippen molar-refractivity contribution < 1.29 is 13.9 Å². The molecule has 1 amide bonds. The first kappa shape index (κ1) is 17.5. The highest BCUT2D eigenvalue weighted by Gasteiger charge is 2.34. The predicted octanol–water partition coefficient (Wildman–Crippen LogP) is 4.54. The zero-order chi connectivity index (χ0) is 18.2. The number of hydrogen-bond donors (Lipinski definition) is 0. The van der Waals surface area contributed by atoms with Crippen LogP contribution in [0.15, 0.2) is 40.0 Å². The van der Waals surface area contributed by atoms with Crippen LogP contribution in [0.25, 0.3) is 11.1 Å². The molecule has 0 atom stereocenters. The molecule has 5 heteroatoms. The highest BCUT2D eigenvalue weighted by molar-refractivity contribution is 5.80. The summed E-state index contributed by atoms with van der Waals surface area (Å²) in [5, 5.41) is 0. The highest BCUT2D eigenvalue weighted by atomic mass is 16.6. The van der Waals surface area contributed by atoms with Gasteiger partial charge in [-0.05, 0) is 51.2 Å². The molecule has 1 aliphatic carbocycles. The third-order valence-corrected chi connectivity index (χ3v) is 4.55. The van der Waals surface area contributed by atoms with Crippen molar-refractivity contribution in [3.8, 4) is 6.08 Å². The van der Waals surface area contributed by atoms with Crippen molar-refractivity contribution in [3.63, 3.8) is 0 Å². The SMILES string of the molecule is CC1=C(N(C(=O)COc2nc3ccccc3o2)C(C)C)CC(C)(C)C1. The molecule has 0 saturated heterocycles. The molecule has 1 aliphatic rings. The maximum atomic E-state index is 12.8. The second kappa shape index (κ2) is 6.54. The Balaban J connectivity index is 1.72. The molecule has 0 N–H and O–H groups in total.